The summed E-state index contributed by atoms with van der Waals surface area (Å²) in [6.07, 6.45) is 3.49. The molecular weight excluding hydrogens is 260 g/mol. The fraction of sp³-hybridized carbons (Fsp3) is 0.462. The maximum absolute atomic E-state index is 11.8. The average molecular weight is 276 g/mol. The van der Waals surface area contributed by atoms with Gasteiger partial charge in [-0.15, -0.1) is 0 Å². The predicted octanol–water partition coefficient (Wildman–Crippen LogP) is 1.46. The van der Waals surface area contributed by atoms with Gasteiger partial charge in [0.05, 0.1) is 11.8 Å². The first-order valence-electron chi connectivity index (χ1n) is 6.15. The summed E-state index contributed by atoms with van der Waals surface area (Å²) >= 11 is 1.64. The predicted molar refractivity (Wildman–Crippen MR) is 73.6 cm³/mol. The molecule has 1 aromatic heterocycles. The third kappa shape index (κ3) is 3.46. The van der Waals surface area contributed by atoms with E-state index in [4.69, 9.17) is 11.1 Å². The minimum Gasteiger partial charge on any atom is -0.273 e. The van der Waals surface area contributed by atoms with Crippen molar-refractivity contribution in [1.29, 1.82) is 5.26 Å². The molecule has 1 aromatic rings. The number of hydrazine groups is 1. The number of carbonyl (C=O) groups excluding carboxylic acids is 1. The molecule has 100 valence electrons. The van der Waals surface area contributed by atoms with E-state index in [0.29, 0.717) is 25.0 Å². The van der Waals surface area contributed by atoms with Crippen LogP contribution < -0.4 is 5.84 Å². The Balaban J connectivity index is 1.69. The number of pyridine rings is 1. The second-order valence-corrected chi connectivity index (χ2v) is 5.64. The van der Waals surface area contributed by atoms with E-state index in [-0.39, 0.29) is 5.91 Å². The van der Waals surface area contributed by atoms with Gasteiger partial charge >= 0.3 is 0 Å². The first kappa shape index (κ1) is 13.8. The first-order chi connectivity index (χ1) is 9.18. The minimum absolute atomic E-state index is 0.160. The van der Waals surface area contributed by atoms with Gasteiger partial charge in [-0.05, 0) is 25.0 Å². The standard InChI is InChI=1S/C13H16N4OS/c14-10-13(5-6-13)17(15)12(18)4-8-19-9-11-3-1-2-7-16-11/h1-3,7H,4-6,8-9,15H2. The van der Waals surface area contributed by atoms with Crippen molar-refractivity contribution in [3.8, 4) is 6.07 Å². The molecule has 0 bridgehead atoms. The molecule has 19 heavy (non-hydrogen) atoms. The second-order valence-electron chi connectivity index (χ2n) is 4.53. The lowest BCUT2D eigenvalue weighted by Gasteiger charge is -2.21. The number of thioether (sulfide) groups is 1. The maximum Gasteiger partial charge on any atom is 0.238 e. The Morgan fingerprint density at radius 1 is 1.58 bits per heavy atom. The molecule has 2 N–H and O–H groups in total. The Hall–Kier alpha value is -1.58. The van der Waals surface area contributed by atoms with Crippen molar-refractivity contribution in [2.24, 2.45) is 5.84 Å². The Kier molecular flexibility index (Phi) is 4.40. The van der Waals surface area contributed by atoms with E-state index in [1.165, 1.54) is 0 Å². The highest BCUT2D eigenvalue weighted by Crippen LogP contribution is 2.39. The van der Waals surface area contributed by atoms with Crippen LogP contribution >= 0.6 is 11.8 Å². The van der Waals surface area contributed by atoms with Gasteiger partial charge in [0.1, 0.15) is 5.54 Å². The molecule has 1 aliphatic carbocycles. The summed E-state index contributed by atoms with van der Waals surface area (Å²) in [5.41, 5.74) is 0.281. The molecular formula is C13H16N4OS. The smallest absolute Gasteiger partial charge is 0.238 e. The van der Waals surface area contributed by atoms with E-state index in [1.807, 2.05) is 18.2 Å². The molecule has 0 aliphatic heterocycles. The molecule has 1 saturated carbocycles. The number of carbonyl (C=O) groups is 1. The van der Waals surface area contributed by atoms with Gasteiger partial charge < -0.3 is 0 Å². The highest BCUT2D eigenvalue weighted by Gasteiger charge is 2.49. The second kappa shape index (κ2) is 6.04. The number of hydrogen-bond donors (Lipinski definition) is 1. The van der Waals surface area contributed by atoms with Gasteiger partial charge in [-0.2, -0.15) is 17.0 Å². The SMILES string of the molecule is N#CC1(N(N)C(=O)CCSCc2ccccn2)CC1. The van der Waals surface area contributed by atoms with E-state index >= 15 is 0 Å². The highest BCUT2D eigenvalue weighted by atomic mass is 32.2. The Labute approximate surface area is 116 Å². The zero-order chi connectivity index (χ0) is 13.7. The number of nitrogens with two attached hydrogens (primary N) is 1. The van der Waals surface area contributed by atoms with E-state index in [9.17, 15) is 4.79 Å². The number of nitrogens with zero attached hydrogens (tertiary/aromatic N) is 3. The highest BCUT2D eigenvalue weighted by molar-refractivity contribution is 7.98. The first-order valence-corrected chi connectivity index (χ1v) is 7.30. The van der Waals surface area contributed by atoms with Gasteiger partial charge in [-0.3, -0.25) is 14.8 Å². The summed E-state index contributed by atoms with van der Waals surface area (Å²) in [5.74, 6) is 7.01. The van der Waals surface area contributed by atoms with Crippen LogP contribution in [0.3, 0.4) is 0 Å². The third-order valence-corrected chi connectivity index (χ3v) is 4.09. The molecule has 5 nitrogen and oxygen atoms in total. The Bertz CT molecular complexity index is 481. The summed E-state index contributed by atoms with van der Waals surface area (Å²) in [5, 5.41) is 10.1. The lowest BCUT2D eigenvalue weighted by atomic mass is 10.3. The van der Waals surface area contributed by atoms with Gasteiger partial charge in [-0.1, -0.05) is 6.07 Å². The molecule has 1 aliphatic rings. The Morgan fingerprint density at radius 2 is 2.37 bits per heavy atom. The molecule has 0 aromatic carbocycles. The van der Waals surface area contributed by atoms with Crippen LogP contribution in [0.4, 0.5) is 0 Å². The number of nitriles is 1. The van der Waals surface area contributed by atoms with Crippen molar-refractivity contribution in [1.82, 2.24) is 9.99 Å². The zero-order valence-electron chi connectivity index (χ0n) is 10.6. The molecule has 0 radical (unpaired) electrons. The minimum atomic E-state index is -0.720. The molecule has 1 fully saturated rings. The molecule has 0 unspecified atom stereocenters. The van der Waals surface area contributed by atoms with Gasteiger partial charge in [0.2, 0.25) is 5.91 Å². The van der Waals surface area contributed by atoms with Crippen molar-refractivity contribution in [3.63, 3.8) is 0 Å². The van der Waals surface area contributed by atoms with Crippen LogP contribution in [-0.2, 0) is 10.5 Å². The normalized spacial score (nSPS) is 15.6. The van der Waals surface area contributed by atoms with Crippen LogP contribution in [-0.4, -0.2) is 27.2 Å². The summed E-state index contributed by atoms with van der Waals surface area (Å²) in [4.78, 5) is 16.0. The van der Waals surface area contributed by atoms with Gasteiger partial charge in [0.25, 0.3) is 0 Å². The van der Waals surface area contributed by atoms with E-state index in [2.05, 4.69) is 11.1 Å². The topological polar surface area (TPSA) is 83.0 Å². The van der Waals surface area contributed by atoms with Gasteiger partial charge in [0.15, 0.2) is 0 Å². The molecule has 6 heteroatoms. The molecule has 0 spiro atoms. The number of hydrogen-bond acceptors (Lipinski definition) is 5. The quantitative estimate of drug-likeness (QED) is 0.368. The van der Waals surface area contributed by atoms with E-state index in [0.717, 1.165) is 16.5 Å². The number of rotatable bonds is 6. The molecule has 1 heterocycles. The van der Waals surface area contributed by atoms with Crippen molar-refractivity contribution >= 4 is 17.7 Å². The fourth-order valence-electron chi connectivity index (χ4n) is 1.70. The molecule has 2 rings (SSSR count). The van der Waals surface area contributed by atoms with Crippen molar-refractivity contribution < 1.29 is 4.79 Å². The lowest BCUT2D eigenvalue weighted by Crippen LogP contribution is -2.46. The summed E-state index contributed by atoms with van der Waals surface area (Å²) in [6, 6.07) is 7.89. The van der Waals surface area contributed by atoms with Crippen LogP contribution in [0.25, 0.3) is 0 Å². The van der Waals surface area contributed by atoms with Crippen LogP contribution in [0.15, 0.2) is 24.4 Å². The number of amides is 1. The molecule has 0 saturated heterocycles. The van der Waals surface area contributed by atoms with E-state index < -0.39 is 5.54 Å². The molecule has 0 atom stereocenters. The lowest BCUT2D eigenvalue weighted by molar-refractivity contribution is -0.133. The zero-order valence-corrected chi connectivity index (χ0v) is 11.4. The monoisotopic (exact) mass is 276 g/mol. The van der Waals surface area contributed by atoms with Crippen molar-refractivity contribution in [3.05, 3.63) is 30.1 Å². The van der Waals surface area contributed by atoms with Crippen molar-refractivity contribution in [2.45, 2.75) is 30.6 Å². The van der Waals surface area contributed by atoms with Crippen LogP contribution in [0.1, 0.15) is 25.0 Å². The maximum atomic E-state index is 11.8. The Morgan fingerprint density at radius 3 is 2.95 bits per heavy atom. The summed E-state index contributed by atoms with van der Waals surface area (Å²) < 4.78 is 0. The van der Waals surface area contributed by atoms with Crippen LogP contribution in [0, 0.1) is 11.3 Å². The summed E-state index contributed by atoms with van der Waals surface area (Å²) in [7, 11) is 0. The number of aromatic nitrogens is 1. The van der Waals surface area contributed by atoms with E-state index in [1.54, 1.807) is 18.0 Å². The van der Waals surface area contributed by atoms with Crippen LogP contribution in [0.2, 0.25) is 0 Å². The van der Waals surface area contributed by atoms with Crippen molar-refractivity contribution in [2.75, 3.05) is 5.75 Å². The average Bonchev–Trinajstić information content (AvgIpc) is 3.25. The van der Waals surface area contributed by atoms with Crippen LogP contribution in [0.5, 0.6) is 0 Å². The summed E-state index contributed by atoms with van der Waals surface area (Å²) in [6.45, 7) is 0. The molecule has 1 amide bonds. The largest absolute Gasteiger partial charge is 0.273 e. The van der Waals surface area contributed by atoms with Gasteiger partial charge in [-0.25, -0.2) is 5.84 Å². The fourth-order valence-corrected chi connectivity index (χ4v) is 2.55. The van der Waals surface area contributed by atoms with Gasteiger partial charge in [0, 0.05) is 24.1 Å². The third-order valence-electron chi connectivity index (χ3n) is 3.10.